The number of esters is 1. The van der Waals surface area contributed by atoms with Crippen molar-refractivity contribution in [2.75, 3.05) is 6.61 Å². The van der Waals surface area contributed by atoms with Crippen molar-refractivity contribution in [2.45, 2.75) is 13.3 Å². The first-order valence-electron chi connectivity index (χ1n) is 5.82. The Bertz CT molecular complexity index is 592. The number of hydrogen-bond acceptors (Lipinski definition) is 4. The van der Waals surface area contributed by atoms with Crippen LogP contribution in [0.1, 0.15) is 23.7 Å². The maximum Gasteiger partial charge on any atom is 0.339 e. The average Bonchev–Trinajstić information content (AvgIpc) is 2.98. The summed E-state index contributed by atoms with van der Waals surface area (Å²) < 4.78 is 6.82. The van der Waals surface area contributed by atoms with E-state index >= 15 is 0 Å². The molecule has 19 heavy (non-hydrogen) atoms. The minimum Gasteiger partial charge on any atom is -0.461 e. The van der Waals surface area contributed by atoms with Crippen LogP contribution in [0.3, 0.4) is 0 Å². The summed E-state index contributed by atoms with van der Waals surface area (Å²) >= 11 is 0. The Balaban J connectivity index is 1.97. The van der Waals surface area contributed by atoms with E-state index in [0.29, 0.717) is 24.4 Å². The SMILES string of the molecule is CC#CCCOC(=O)c1ccc(-n2ccnc2)nc1. The fourth-order valence-corrected chi connectivity index (χ4v) is 1.46. The lowest BCUT2D eigenvalue weighted by molar-refractivity contribution is 0.0513. The molecule has 0 spiro atoms. The molecule has 0 radical (unpaired) electrons. The van der Waals surface area contributed by atoms with Crippen LogP contribution < -0.4 is 0 Å². The van der Waals surface area contributed by atoms with Crippen molar-refractivity contribution in [2.24, 2.45) is 0 Å². The molecule has 0 atom stereocenters. The lowest BCUT2D eigenvalue weighted by Crippen LogP contribution is -2.07. The lowest BCUT2D eigenvalue weighted by atomic mass is 10.3. The normalized spacial score (nSPS) is 9.53. The summed E-state index contributed by atoms with van der Waals surface area (Å²) in [5, 5.41) is 0. The highest BCUT2D eigenvalue weighted by molar-refractivity contribution is 5.89. The lowest BCUT2D eigenvalue weighted by Gasteiger charge is -2.04. The number of hydrogen-bond donors (Lipinski definition) is 0. The molecule has 0 aliphatic heterocycles. The average molecular weight is 255 g/mol. The zero-order chi connectivity index (χ0) is 13.5. The molecule has 5 heteroatoms. The van der Waals surface area contributed by atoms with Gasteiger partial charge >= 0.3 is 5.97 Å². The third kappa shape index (κ3) is 3.42. The van der Waals surface area contributed by atoms with Gasteiger partial charge in [0.1, 0.15) is 18.8 Å². The van der Waals surface area contributed by atoms with Gasteiger partial charge in [-0.15, -0.1) is 11.8 Å². The molecule has 0 saturated heterocycles. The molecule has 0 bridgehead atoms. The number of pyridine rings is 1. The van der Waals surface area contributed by atoms with Crippen molar-refractivity contribution in [3.05, 3.63) is 42.6 Å². The first-order chi connectivity index (χ1) is 9.31. The first kappa shape index (κ1) is 12.8. The summed E-state index contributed by atoms with van der Waals surface area (Å²) in [4.78, 5) is 19.8. The molecule has 0 aromatic carbocycles. The van der Waals surface area contributed by atoms with Crippen molar-refractivity contribution in [1.82, 2.24) is 14.5 Å². The van der Waals surface area contributed by atoms with Crippen LogP contribution >= 0.6 is 0 Å². The number of ether oxygens (including phenoxy) is 1. The van der Waals surface area contributed by atoms with Gasteiger partial charge in [-0.05, 0) is 19.1 Å². The molecule has 2 rings (SSSR count). The number of carbonyl (C=O) groups is 1. The molecular formula is C14H13N3O2. The van der Waals surface area contributed by atoms with E-state index in [-0.39, 0.29) is 5.97 Å². The van der Waals surface area contributed by atoms with Crippen LogP contribution in [0.15, 0.2) is 37.1 Å². The Morgan fingerprint density at radius 2 is 2.37 bits per heavy atom. The number of nitrogens with zero attached hydrogens (tertiary/aromatic N) is 3. The molecular weight excluding hydrogens is 242 g/mol. The molecule has 0 fully saturated rings. The molecule has 96 valence electrons. The number of aromatic nitrogens is 3. The highest BCUT2D eigenvalue weighted by atomic mass is 16.5. The van der Waals surface area contributed by atoms with Gasteiger partial charge in [-0.2, -0.15) is 0 Å². The molecule has 0 aliphatic rings. The summed E-state index contributed by atoms with van der Waals surface area (Å²) in [6.45, 7) is 2.05. The molecule has 5 nitrogen and oxygen atoms in total. The Kier molecular flexibility index (Phi) is 4.29. The Morgan fingerprint density at radius 3 is 3.00 bits per heavy atom. The third-order valence-electron chi connectivity index (χ3n) is 2.39. The minimum absolute atomic E-state index is 0.295. The third-order valence-corrected chi connectivity index (χ3v) is 2.39. The maximum absolute atomic E-state index is 11.7. The quantitative estimate of drug-likeness (QED) is 0.475. The zero-order valence-electron chi connectivity index (χ0n) is 10.5. The van der Waals surface area contributed by atoms with Crippen LogP contribution in [0.4, 0.5) is 0 Å². The fourth-order valence-electron chi connectivity index (χ4n) is 1.46. The second kappa shape index (κ2) is 6.36. The van der Waals surface area contributed by atoms with E-state index in [0.717, 1.165) is 0 Å². The largest absolute Gasteiger partial charge is 0.461 e. The fraction of sp³-hybridized carbons (Fsp3) is 0.214. The van der Waals surface area contributed by atoms with Gasteiger partial charge in [-0.3, -0.25) is 4.57 Å². The van der Waals surface area contributed by atoms with Gasteiger partial charge in [0, 0.05) is 25.0 Å². The van der Waals surface area contributed by atoms with Crippen LogP contribution in [0, 0.1) is 11.8 Å². The summed E-state index contributed by atoms with van der Waals surface area (Å²) in [7, 11) is 0. The van der Waals surface area contributed by atoms with Crippen LogP contribution in [-0.4, -0.2) is 27.1 Å². The zero-order valence-corrected chi connectivity index (χ0v) is 10.5. The molecule has 0 saturated carbocycles. The summed E-state index contributed by atoms with van der Waals surface area (Å²) in [6.07, 6.45) is 7.12. The van der Waals surface area contributed by atoms with Crippen molar-refractivity contribution < 1.29 is 9.53 Å². The number of rotatable bonds is 4. The molecule has 2 aromatic rings. The van der Waals surface area contributed by atoms with E-state index < -0.39 is 0 Å². The van der Waals surface area contributed by atoms with E-state index in [4.69, 9.17) is 4.74 Å². The van der Waals surface area contributed by atoms with Crippen molar-refractivity contribution >= 4 is 5.97 Å². The highest BCUT2D eigenvalue weighted by Crippen LogP contribution is 2.06. The Hall–Kier alpha value is -2.61. The smallest absolute Gasteiger partial charge is 0.339 e. The Morgan fingerprint density at radius 1 is 1.47 bits per heavy atom. The molecule has 0 amide bonds. The van der Waals surface area contributed by atoms with E-state index in [2.05, 4.69) is 21.8 Å². The van der Waals surface area contributed by atoms with Gasteiger partial charge in [-0.1, -0.05) is 0 Å². The van der Waals surface area contributed by atoms with Crippen LogP contribution in [-0.2, 0) is 4.74 Å². The van der Waals surface area contributed by atoms with E-state index in [1.807, 2.05) is 0 Å². The molecule has 2 heterocycles. The summed E-state index contributed by atoms with van der Waals surface area (Å²) in [5.41, 5.74) is 0.424. The van der Waals surface area contributed by atoms with Gasteiger partial charge < -0.3 is 4.74 Å². The predicted molar refractivity (Wildman–Crippen MR) is 69.7 cm³/mol. The van der Waals surface area contributed by atoms with Crippen molar-refractivity contribution in [1.29, 1.82) is 0 Å². The first-order valence-corrected chi connectivity index (χ1v) is 5.82. The van der Waals surface area contributed by atoms with Gasteiger partial charge in [0.05, 0.1) is 5.56 Å². The minimum atomic E-state index is -0.386. The summed E-state index contributed by atoms with van der Waals surface area (Å²) in [5.74, 6) is 5.88. The van der Waals surface area contributed by atoms with Crippen LogP contribution in [0.25, 0.3) is 5.82 Å². The standard InChI is InChI=1S/C14H13N3O2/c1-2-3-4-9-19-14(18)12-5-6-13(16-10-12)17-8-7-15-11-17/h5-8,10-11H,4,9H2,1H3. The topological polar surface area (TPSA) is 57.0 Å². The molecule has 2 aromatic heterocycles. The second-order valence-corrected chi connectivity index (χ2v) is 3.69. The molecule has 0 aliphatic carbocycles. The van der Waals surface area contributed by atoms with E-state index in [9.17, 15) is 4.79 Å². The van der Waals surface area contributed by atoms with E-state index in [1.165, 1.54) is 6.20 Å². The van der Waals surface area contributed by atoms with Crippen LogP contribution in [0.2, 0.25) is 0 Å². The van der Waals surface area contributed by atoms with Crippen LogP contribution in [0.5, 0.6) is 0 Å². The molecule has 0 N–H and O–H groups in total. The monoisotopic (exact) mass is 255 g/mol. The second-order valence-electron chi connectivity index (χ2n) is 3.69. The summed E-state index contributed by atoms with van der Waals surface area (Å²) in [6, 6.07) is 3.42. The van der Waals surface area contributed by atoms with E-state index in [1.54, 1.807) is 42.3 Å². The highest BCUT2D eigenvalue weighted by Gasteiger charge is 2.07. The van der Waals surface area contributed by atoms with Gasteiger partial charge in [0.25, 0.3) is 0 Å². The van der Waals surface area contributed by atoms with Gasteiger partial charge in [0.2, 0.25) is 0 Å². The van der Waals surface area contributed by atoms with Crippen molar-refractivity contribution in [3.63, 3.8) is 0 Å². The maximum atomic E-state index is 11.7. The van der Waals surface area contributed by atoms with Crippen molar-refractivity contribution in [3.8, 4) is 17.7 Å². The predicted octanol–water partition coefficient (Wildman–Crippen LogP) is 1.84. The number of imidazole rings is 1. The van der Waals surface area contributed by atoms with Gasteiger partial charge in [0.15, 0.2) is 0 Å². The Labute approximate surface area is 111 Å². The number of carbonyl (C=O) groups excluding carboxylic acids is 1. The molecule has 0 unspecified atom stereocenters. The van der Waals surface area contributed by atoms with Gasteiger partial charge in [-0.25, -0.2) is 14.8 Å².